The van der Waals surface area contributed by atoms with Crippen molar-refractivity contribution < 1.29 is 14.0 Å². The Hall–Kier alpha value is -3.94. The van der Waals surface area contributed by atoms with Crippen molar-refractivity contribution in [2.24, 2.45) is 0 Å². The zero-order chi connectivity index (χ0) is 23.2. The van der Waals surface area contributed by atoms with Gasteiger partial charge in [0.25, 0.3) is 5.91 Å². The molecule has 0 aliphatic carbocycles. The minimum Gasteiger partial charge on any atom is -0.382 e. The summed E-state index contributed by atoms with van der Waals surface area (Å²) in [7, 11) is 0. The average Bonchev–Trinajstić information content (AvgIpc) is 3.13. The number of hydrogen-bond donors (Lipinski definition) is 3. The lowest BCUT2D eigenvalue weighted by Crippen LogP contribution is -2.43. The van der Waals surface area contributed by atoms with E-state index in [1.807, 2.05) is 32.9 Å². The zero-order valence-electron chi connectivity index (χ0n) is 18.1. The van der Waals surface area contributed by atoms with Gasteiger partial charge < -0.3 is 16.4 Å². The largest absolute Gasteiger partial charge is 0.382 e. The number of aryl methyl sites for hydroxylation is 1. The van der Waals surface area contributed by atoms with E-state index in [0.29, 0.717) is 29.0 Å². The van der Waals surface area contributed by atoms with Crippen molar-refractivity contribution in [3.63, 3.8) is 0 Å². The van der Waals surface area contributed by atoms with E-state index < -0.39 is 5.82 Å². The van der Waals surface area contributed by atoms with Crippen LogP contribution in [0, 0.1) is 12.7 Å². The monoisotopic (exact) mass is 433 g/mol. The van der Waals surface area contributed by atoms with E-state index in [1.165, 1.54) is 16.8 Å². The summed E-state index contributed by atoms with van der Waals surface area (Å²) in [6.07, 6.45) is 2.83. The number of amides is 2. The Morgan fingerprint density at radius 1 is 1.28 bits per heavy atom. The van der Waals surface area contributed by atoms with E-state index in [4.69, 9.17) is 5.73 Å². The quantitative estimate of drug-likeness (QED) is 0.546. The van der Waals surface area contributed by atoms with Crippen LogP contribution in [0.25, 0.3) is 16.8 Å². The number of rotatable bonds is 4. The first-order valence-electron chi connectivity index (χ1n) is 10.1. The molecule has 0 radical (unpaired) electrons. The summed E-state index contributed by atoms with van der Waals surface area (Å²) in [4.78, 5) is 23.9. The highest BCUT2D eigenvalue weighted by atomic mass is 19.1. The molecule has 0 spiro atoms. The molecule has 0 fully saturated rings. The predicted octanol–water partition coefficient (Wildman–Crippen LogP) is 3.71. The first-order chi connectivity index (χ1) is 15.1. The number of halogens is 1. The van der Waals surface area contributed by atoms with Crippen LogP contribution >= 0.6 is 0 Å². The second kappa shape index (κ2) is 7.64. The number of hydrogen-bond acceptors (Lipinski definition) is 4. The number of nitrogens with two attached hydrogens (primary N) is 1. The molecule has 164 valence electrons. The van der Waals surface area contributed by atoms with Crippen LogP contribution in [0.3, 0.4) is 0 Å². The topological polar surface area (TPSA) is 102 Å². The van der Waals surface area contributed by atoms with Gasteiger partial charge >= 0.3 is 0 Å². The van der Waals surface area contributed by atoms with Gasteiger partial charge in [-0.1, -0.05) is 26.5 Å². The average molecular weight is 433 g/mol. The molecule has 8 heteroatoms. The van der Waals surface area contributed by atoms with Gasteiger partial charge in [0.05, 0.1) is 5.69 Å². The predicted molar refractivity (Wildman–Crippen MR) is 122 cm³/mol. The van der Waals surface area contributed by atoms with E-state index in [9.17, 15) is 9.59 Å². The first kappa shape index (κ1) is 21.3. The molecule has 0 saturated carbocycles. The van der Waals surface area contributed by atoms with Crippen molar-refractivity contribution in [3.8, 4) is 16.8 Å². The van der Waals surface area contributed by atoms with Gasteiger partial charge in [0.1, 0.15) is 5.82 Å². The fourth-order valence-corrected chi connectivity index (χ4v) is 3.82. The van der Waals surface area contributed by atoms with Crippen molar-refractivity contribution >= 4 is 23.3 Å². The lowest BCUT2D eigenvalue weighted by atomic mass is 9.77. The Kier molecular flexibility index (Phi) is 5.08. The maximum absolute atomic E-state index is 15.1. The lowest BCUT2D eigenvalue weighted by molar-refractivity contribution is -0.111. The number of fused-ring (bicyclic) bond motifs is 1. The Bertz CT molecular complexity index is 1280. The minimum absolute atomic E-state index is 0.152. The van der Waals surface area contributed by atoms with Gasteiger partial charge in [-0.3, -0.25) is 9.59 Å². The van der Waals surface area contributed by atoms with Gasteiger partial charge in [0.15, 0.2) is 5.82 Å². The van der Waals surface area contributed by atoms with E-state index >= 15 is 4.39 Å². The number of anilines is 2. The molecule has 2 amide bonds. The van der Waals surface area contributed by atoms with Gasteiger partial charge in [-0.2, -0.15) is 5.10 Å². The highest BCUT2D eigenvalue weighted by molar-refractivity contribution is 6.00. The third-order valence-electron chi connectivity index (χ3n) is 5.73. The van der Waals surface area contributed by atoms with Crippen LogP contribution in [0.1, 0.15) is 35.3 Å². The maximum atomic E-state index is 15.1. The number of carbonyl (C=O) groups excluding carboxylic acids is 2. The van der Waals surface area contributed by atoms with Crippen LogP contribution < -0.4 is 16.4 Å². The summed E-state index contributed by atoms with van der Waals surface area (Å²) in [6, 6.07) is 8.36. The van der Waals surface area contributed by atoms with E-state index in [0.717, 1.165) is 11.1 Å². The van der Waals surface area contributed by atoms with Crippen molar-refractivity contribution in [1.29, 1.82) is 0 Å². The molecule has 0 bridgehead atoms. The van der Waals surface area contributed by atoms with Crippen molar-refractivity contribution in [3.05, 3.63) is 71.7 Å². The van der Waals surface area contributed by atoms with Gasteiger partial charge in [-0.05, 0) is 48.4 Å². The van der Waals surface area contributed by atoms with Crippen LogP contribution in [0.15, 0.2) is 49.2 Å². The highest BCUT2D eigenvalue weighted by Gasteiger charge is 2.33. The molecule has 4 rings (SSSR count). The number of benzene rings is 2. The molecule has 0 saturated heterocycles. The van der Waals surface area contributed by atoms with E-state index in [2.05, 4.69) is 22.3 Å². The number of nitrogens with zero attached hydrogens (tertiary/aromatic N) is 2. The van der Waals surface area contributed by atoms with E-state index in [-0.39, 0.29) is 28.6 Å². The Morgan fingerprint density at radius 3 is 2.75 bits per heavy atom. The molecule has 1 aliphatic rings. The van der Waals surface area contributed by atoms with Gasteiger partial charge in [0, 0.05) is 40.5 Å². The molecule has 7 nitrogen and oxygen atoms in total. The van der Waals surface area contributed by atoms with Crippen molar-refractivity contribution in [2.75, 3.05) is 17.6 Å². The second-order valence-corrected chi connectivity index (χ2v) is 8.51. The molecule has 1 aromatic heterocycles. The van der Waals surface area contributed by atoms with E-state index in [1.54, 1.807) is 18.3 Å². The zero-order valence-corrected chi connectivity index (χ0v) is 18.1. The van der Waals surface area contributed by atoms with Crippen LogP contribution in [0.2, 0.25) is 0 Å². The third kappa shape index (κ3) is 3.64. The maximum Gasteiger partial charge on any atom is 0.251 e. The SMILES string of the molecule is C=CC(=O)Nc1cc(-n2cc(-c3cc4c(cc3F)C(=O)NCC4(C)C)c(N)n2)ccc1C. The third-order valence-corrected chi connectivity index (χ3v) is 5.73. The first-order valence-corrected chi connectivity index (χ1v) is 10.1. The molecular weight excluding hydrogens is 409 g/mol. The van der Waals surface area contributed by atoms with Crippen molar-refractivity contribution in [1.82, 2.24) is 15.1 Å². The Balaban J connectivity index is 1.79. The number of nitrogens with one attached hydrogen (secondary N) is 2. The number of aromatic nitrogens is 2. The molecule has 4 N–H and O–H groups in total. The summed E-state index contributed by atoms with van der Waals surface area (Å²) in [5.74, 6) is -1.01. The Morgan fingerprint density at radius 2 is 2.03 bits per heavy atom. The molecule has 32 heavy (non-hydrogen) atoms. The van der Waals surface area contributed by atoms with Crippen LogP contribution in [0.5, 0.6) is 0 Å². The fourth-order valence-electron chi connectivity index (χ4n) is 3.82. The molecule has 2 heterocycles. The summed E-state index contributed by atoms with van der Waals surface area (Å²) < 4.78 is 16.6. The molecule has 1 aliphatic heterocycles. The summed E-state index contributed by atoms with van der Waals surface area (Å²) >= 11 is 0. The van der Waals surface area contributed by atoms with Crippen LogP contribution in [-0.2, 0) is 10.2 Å². The summed E-state index contributed by atoms with van der Waals surface area (Å²) in [5, 5.41) is 9.90. The summed E-state index contributed by atoms with van der Waals surface area (Å²) in [6.45, 7) is 9.77. The lowest BCUT2D eigenvalue weighted by Gasteiger charge is -2.33. The van der Waals surface area contributed by atoms with Gasteiger partial charge in [-0.25, -0.2) is 9.07 Å². The number of carbonyl (C=O) groups is 2. The number of nitrogen functional groups attached to an aromatic ring is 1. The second-order valence-electron chi connectivity index (χ2n) is 8.51. The van der Waals surface area contributed by atoms with Crippen LogP contribution in [0.4, 0.5) is 15.9 Å². The molecule has 2 aromatic carbocycles. The Labute approximate surface area is 185 Å². The van der Waals surface area contributed by atoms with Crippen molar-refractivity contribution in [2.45, 2.75) is 26.2 Å². The van der Waals surface area contributed by atoms with Crippen LogP contribution in [-0.4, -0.2) is 28.1 Å². The normalized spacial score (nSPS) is 14.4. The summed E-state index contributed by atoms with van der Waals surface area (Å²) in [5.41, 5.74) is 9.71. The molecule has 3 aromatic rings. The fraction of sp³-hybridized carbons (Fsp3) is 0.208. The minimum atomic E-state index is -0.550. The molecular formula is C24H24FN5O2. The molecule has 0 atom stereocenters. The van der Waals surface area contributed by atoms with Gasteiger partial charge in [0.2, 0.25) is 5.91 Å². The smallest absolute Gasteiger partial charge is 0.251 e. The molecule has 0 unspecified atom stereocenters. The standard InChI is InChI=1S/C24H24FN5O2/c1-5-21(31)28-20-8-14(7-6-13(20)2)30-11-17(22(26)29-30)15-9-18-16(10-19(15)25)23(32)27-12-24(18,3)4/h5-11H,1,12H2,2-4H3,(H2,26,29)(H,27,32)(H,28,31). The van der Waals surface area contributed by atoms with Gasteiger partial charge in [-0.15, -0.1) is 0 Å². The highest BCUT2D eigenvalue weighted by Crippen LogP contribution is 2.37.